The van der Waals surface area contributed by atoms with E-state index in [0.29, 0.717) is 0 Å². The van der Waals surface area contributed by atoms with Crippen molar-refractivity contribution in [3.63, 3.8) is 0 Å². The molecule has 0 bridgehead atoms. The van der Waals surface area contributed by atoms with Crippen LogP contribution >= 0.6 is 0 Å². The minimum atomic E-state index is 0.981. The first-order chi connectivity index (χ1) is 17.7. The summed E-state index contributed by atoms with van der Waals surface area (Å²) < 4.78 is 1.67. The zero-order valence-electron chi connectivity index (χ0n) is 23.1. The molecule has 0 saturated carbocycles. The van der Waals surface area contributed by atoms with Crippen LogP contribution in [0.3, 0.4) is 0 Å². The summed E-state index contributed by atoms with van der Waals surface area (Å²) in [4.78, 5) is 0. The highest BCUT2D eigenvalue weighted by Gasteiger charge is 2.27. The molecular formula is C34H48N2. The summed E-state index contributed by atoms with van der Waals surface area (Å²) >= 11 is 0. The Labute approximate surface area is 221 Å². The van der Waals surface area contributed by atoms with E-state index in [1.807, 2.05) is 0 Å². The fourth-order valence-corrected chi connectivity index (χ4v) is 5.03. The van der Waals surface area contributed by atoms with Crippen LogP contribution in [0.1, 0.15) is 120 Å². The van der Waals surface area contributed by atoms with Gasteiger partial charge in [0.25, 0.3) is 0 Å². The number of nitrogens with one attached hydrogen (secondary N) is 1. The number of unbranched alkanes of at least 4 members (excludes halogenated alkanes) is 9. The van der Waals surface area contributed by atoms with Gasteiger partial charge in [-0.15, -0.1) is 0 Å². The zero-order valence-corrected chi connectivity index (χ0v) is 23.1. The van der Waals surface area contributed by atoms with Gasteiger partial charge in [-0.25, -0.2) is 4.68 Å². The van der Waals surface area contributed by atoms with Crippen LogP contribution in [0.2, 0.25) is 0 Å². The lowest BCUT2D eigenvalue weighted by molar-refractivity contribution is -0.347. The molecule has 0 unspecified atom stereocenters. The predicted octanol–water partition coefficient (Wildman–Crippen LogP) is 10.3. The van der Waals surface area contributed by atoms with Crippen LogP contribution in [0, 0.1) is 0 Å². The van der Waals surface area contributed by atoms with E-state index in [2.05, 4.69) is 81.5 Å². The Kier molecular flexibility index (Phi) is 12.0. The van der Waals surface area contributed by atoms with E-state index in [1.54, 1.807) is 4.68 Å². The van der Waals surface area contributed by atoms with Crippen LogP contribution in [0.4, 0.5) is 0 Å². The molecule has 3 rings (SSSR count). The monoisotopic (exact) mass is 484 g/mol. The molecule has 0 aromatic heterocycles. The highest BCUT2D eigenvalue weighted by molar-refractivity contribution is 6.14. The highest BCUT2D eigenvalue weighted by atomic mass is 15.3. The molecule has 0 radical (unpaired) electrons. The van der Waals surface area contributed by atoms with Crippen molar-refractivity contribution in [1.82, 2.24) is 0 Å². The number of hydrogen-bond acceptors (Lipinski definition) is 0. The Morgan fingerprint density at radius 1 is 0.611 bits per heavy atom. The molecule has 2 aromatic rings. The molecule has 2 aromatic carbocycles. The molecule has 1 heterocycles. The molecule has 1 aliphatic rings. The lowest BCUT2D eigenvalue weighted by Crippen LogP contribution is -2.11. The second kappa shape index (κ2) is 15.5. The van der Waals surface area contributed by atoms with Gasteiger partial charge in [-0.2, -0.15) is 0 Å². The van der Waals surface area contributed by atoms with E-state index < -0.39 is 0 Å². The van der Waals surface area contributed by atoms with Gasteiger partial charge in [0.1, 0.15) is 0 Å². The fraction of sp³-hybridized carbons (Fsp3) is 0.500. The van der Waals surface area contributed by atoms with E-state index in [-0.39, 0.29) is 0 Å². The van der Waals surface area contributed by atoms with Crippen LogP contribution in [-0.4, -0.2) is 10.4 Å². The molecule has 2 heteroatoms. The van der Waals surface area contributed by atoms with Crippen molar-refractivity contribution in [2.75, 3.05) is 0 Å². The lowest BCUT2D eigenvalue weighted by atomic mass is 9.98. The smallest absolute Gasteiger partial charge is 0.215 e. The lowest BCUT2D eigenvalue weighted by Gasteiger charge is -2.09. The van der Waals surface area contributed by atoms with E-state index in [1.165, 1.54) is 87.3 Å². The number of nitrogens with zero attached hydrogens (tertiary/aromatic N) is 1. The van der Waals surface area contributed by atoms with Crippen LogP contribution < -0.4 is 0 Å². The quantitative estimate of drug-likeness (QED) is 0.167. The summed E-state index contributed by atoms with van der Waals surface area (Å²) in [5, 5.41) is 0. The van der Waals surface area contributed by atoms with Gasteiger partial charge in [0, 0.05) is 22.8 Å². The molecule has 1 aliphatic heterocycles. The predicted molar refractivity (Wildman–Crippen MR) is 157 cm³/mol. The van der Waals surface area contributed by atoms with Gasteiger partial charge in [-0.3, -0.25) is 0 Å². The Balaban J connectivity index is 1.81. The van der Waals surface area contributed by atoms with E-state index >= 15 is 0 Å². The number of rotatable bonds is 16. The number of allylic oxidation sites excluding steroid dienone is 3. The van der Waals surface area contributed by atoms with Gasteiger partial charge in [0.05, 0.1) is 0 Å². The van der Waals surface area contributed by atoms with Crippen LogP contribution in [0.25, 0.3) is 11.5 Å². The van der Waals surface area contributed by atoms with Crippen molar-refractivity contribution in [2.24, 2.45) is 0 Å². The van der Waals surface area contributed by atoms with Crippen molar-refractivity contribution in [3.05, 3.63) is 94.4 Å². The number of aryl methyl sites for hydroxylation is 2. The van der Waals surface area contributed by atoms with Gasteiger partial charge >= 0.3 is 0 Å². The third-order valence-electron chi connectivity index (χ3n) is 7.32. The normalized spacial score (nSPS) is 14.6. The molecule has 0 amide bonds. The maximum Gasteiger partial charge on any atom is 0.215 e. The van der Waals surface area contributed by atoms with Gasteiger partial charge in [0.2, 0.25) is 11.4 Å². The molecule has 0 fully saturated rings. The van der Waals surface area contributed by atoms with Gasteiger partial charge in [-0.1, -0.05) is 102 Å². The largest absolute Gasteiger partial charge is 0.448 e. The Morgan fingerprint density at radius 3 is 1.67 bits per heavy atom. The first-order valence-corrected chi connectivity index (χ1v) is 14.7. The third kappa shape index (κ3) is 8.22. The molecule has 36 heavy (non-hydrogen) atoms. The fourth-order valence-electron chi connectivity index (χ4n) is 5.03. The molecular weight excluding hydrogens is 436 g/mol. The van der Waals surface area contributed by atoms with E-state index in [4.69, 9.17) is 5.84 Å². The van der Waals surface area contributed by atoms with Gasteiger partial charge in [0.15, 0.2) is 0 Å². The Bertz CT molecular complexity index is 1010. The minimum Gasteiger partial charge on any atom is -0.448 e. The average molecular weight is 485 g/mol. The summed E-state index contributed by atoms with van der Waals surface area (Å²) in [7, 11) is 0. The van der Waals surface area contributed by atoms with Crippen molar-refractivity contribution >= 4 is 11.4 Å². The number of hydrogen-bond donors (Lipinski definition) is 0. The number of benzene rings is 2. The van der Waals surface area contributed by atoms with E-state index in [0.717, 1.165) is 41.8 Å². The van der Waals surface area contributed by atoms with Crippen LogP contribution in [0.15, 0.2) is 66.3 Å². The summed E-state index contributed by atoms with van der Waals surface area (Å²) in [5.74, 6) is 9.09. The highest BCUT2D eigenvalue weighted by Crippen LogP contribution is 2.29. The first kappa shape index (κ1) is 28.0. The molecule has 194 valence electrons. The molecule has 2 nitrogen and oxygen atoms in total. The summed E-state index contributed by atoms with van der Waals surface area (Å²) in [6, 6.07) is 17.9. The molecule has 0 saturated heterocycles. The maximum absolute atomic E-state index is 9.09. The van der Waals surface area contributed by atoms with Crippen molar-refractivity contribution in [2.45, 2.75) is 111 Å². The zero-order chi connectivity index (χ0) is 25.6. The van der Waals surface area contributed by atoms with Gasteiger partial charge in [-0.05, 0) is 73.9 Å². The standard InChI is InChI=1S/C34H48N2/c1-4-7-10-11-12-15-18-32-27-33(30-23-19-28(20-24-30)16-13-8-5-2)36(35)34(32)31-25-21-29(22-26-31)17-14-9-6-3/h18-27,35H,4-17H2,1-3H3. The molecule has 0 aliphatic carbocycles. The van der Waals surface area contributed by atoms with Crippen LogP contribution in [0.5, 0.6) is 0 Å². The van der Waals surface area contributed by atoms with E-state index in [9.17, 15) is 0 Å². The average Bonchev–Trinajstić information content (AvgIpc) is 3.23. The summed E-state index contributed by atoms with van der Waals surface area (Å²) in [6.07, 6.45) is 22.0. The molecule has 0 atom stereocenters. The topological polar surface area (TPSA) is 26.8 Å². The van der Waals surface area contributed by atoms with Crippen molar-refractivity contribution in [3.8, 4) is 0 Å². The second-order valence-corrected chi connectivity index (χ2v) is 10.4. The maximum atomic E-state index is 9.09. The third-order valence-corrected chi connectivity index (χ3v) is 7.32. The summed E-state index contributed by atoms with van der Waals surface area (Å²) in [6.45, 7) is 6.78. The Hall–Kier alpha value is -2.61. The Morgan fingerprint density at radius 2 is 1.11 bits per heavy atom. The SMILES string of the molecule is CCCCCCCC=C1C=C(c2ccc(CCCCC)cc2)[N+]([NH-])=C1c1ccc(CCCCC)cc1. The van der Waals surface area contributed by atoms with Crippen LogP contribution in [-0.2, 0) is 12.8 Å². The van der Waals surface area contributed by atoms with Crippen molar-refractivity contribution < 1.29 is 4.68 Å². The minimum absolute atomic E-state index is 0.981. The first-order valence-electron chi connectivity index (χ1n) is 14.7. The molecule has 1 N–H and O–H groups in total. The van der Waals surface area contributed by atoms with Crippen molar-refractivity contribution in [1.29, 1.82) is 0 Å². The molecule has 0 spiro atoms. The summed E-state index contributed by atoms with van der Waals surface area (Å²) in [5.41, 5.74) is 8.26. The second-order valence-electron chi connectivity index (χ2n) is 10.4. The van der Waals surface area contributed by atoms with Gasteiger partial charge < -0.3 is 5.84 Å².